The molecule has 6 heterocycles. The lowest BCUT2D eigenvalue weighted by molar-refractivity contribution is 0.998. The van der Waals surface area contributed by atoms with Crippen molar-refractivity contribution < 1.29 is 0 Å². The van der Waals surface area contributed by atoms with Gasteiger partial charge < -0.3 is 0 Å². The highest BCUT2D eigenvalue weighted by Gasteiger charge is 2.22. The molecule has 0 aliphatic carbocycles. The molecule has 12 aromatic rings. The Morgan fingerprint density at radius 1 is 0.362 bits per heavy atom. The van der Waals surface area contributed by atoms with Crippen LogP contribution in [0.15, 0.2) is 188 Å². The second kappa shape index (κ2) is 12.8. The standard InChI is InChI=1S/C51H31N7/c1-2-13-39-37(12-1)48-47(57-46-18-6-4-16-42(46)54-50(39)57)28-27-38-36-11-3-5-17-45(36)58(49(38)48)51-55-43(34-23-19-32(20-24-34)40-14-7-9-29-52-40)31-44(56-51)35-25-21-33(22-26-35)41-15-8-10-30-53-41/h1-31H. The van der Waals surface area contributed by atoms with Crippen molar-refractivity contribution in [2.24, 2.45) is 0 Å². The Kier molecular flexibility index (Phi) is 7.09. The Hall–Kier alpha value is -8.03. The molecule has 0 N–H and O–H groups in total. The fourth-order valence-electron chi connectivity index (χ4n) is 8.57. The molecular weight excluding hydrogens is 711 g/mol. The minimum Gasteiger partial charge on any atom is -0.292 e. The van der Waals surface area contributed by atoms with Gasteiger partial charge in [0.1, 0.15) is 5.65 Å². The minimum atomic E-state index is 0.591. The minimum absolute atomic E-state index is 0.591. The number of imidazole rings is 1. The maximum absolute atomic E-state index is 5.44. The normalized spacial score (nSPS) is 11.8. The summed E-state index contributed by atoms with van der Waals surface area (Å²) in [5.74, 6) is 0.591. The van der Waals surface area contributed by atoms with Crippen molar-refractivity contribution in [3.8, 4) is 51.0 Å². The topological polar surface area (TPSA) is 73.8 Å². The molecule has 6 aromatic carbocycles. The molecule has 0 radical (unpaired) electrons. The van der Waals surface area contributed by atoms with E-state index in [9.17, 15) is 0 Å². The number of para-hydroxylation sites is 3. The van der Waals surface area contributed by atoms with E-state index in [4.69, 9.17) is 15.0 Å². The number of nitrogens with zero attached hydrogens (tertiary/aromatic N) is 7. The molecule has 0 saturated carbocycles. The van der Waals surface area contributed by atoms with Gasteiger partial charge in [-0.3, -0.25) is 18.9 Å². The molecule has 0 fully saturated rings. The second-order valence-electron chi connectivity index (χ2n) is 14.5. The van der Waals surface area contributed by atoms with Gasteiger partial charge in [-0.2, -0.15) is 0 Å². The van der Waals surface area contributed by atoms with Crippen LogP contribution in [0.5, 0.6) is 0 Å². The third kappa shape index (κ3) is 4.97. The summed E-state index contributed by atoms with van der Waals surface area (Å²) in [6, 6.07) is 61.1. The van der Waals surface area contributed by atoms with Crippen molar-refractivity contribution >= 4 is 60.2 Å². The van der Waals surface area contributed by atoms with Crippen molar-refractivity contribution in [3.05, 3.63) is 188 Å². The number of fused-ring (bicyclic) bond motifs is 12. The fraction of sp³-hybridized carbons (Fsp3) is 0. The third-order valence-corrected chi connectivity index (χ3v) is 11.3. The highest BCUT2D eigenvalue weighted by Crippen LogP contribution is 2.41. The van der Waals surface area contributed by atoms with Crippen LogP contribution in [0.25, 0.3) is 111 Å². The van der Waals surface area contributed by atoms with Gasteiger partial charge in [0.25, 0.3) is 0 Å². The molecule has 0 spiro atoms. The van der Waals surface area contributed by atoms with E-state index < -0.39 is 0 Å². The van der Waals surface area contributed by atoms with Crippen molar-refractivity contribution in [2.75, 3.05) is 0 Å². The van der Waals surface area contributed by atoms with Crippen molar-refractivity contribution in [1.82, 2.24) is 33.9 Å². The summed E-state index contributed by atoms with van der Waals surface area (Å²) >= 11 is 0. The molecule has 7 nitrogen and oxygen atoms in total. The van der Waals surface area contributed by atoms with Crippen molar-refractivity contribution in [2.45, 2.75) is 0 Å². The van der Waals surface area contributed by atoms with Gasteiger partial charge in [0.05, 0.1) is 50.4 Å². The van der Waals surface area contributed by atoms with Crippen LogP contribution >= 0.6 is 0 Å². The number of benzene rings is 6. The van der Waals surface area contributed by atoms with E-state index in [1.165, 1.54) is 0 Å². The monoisotopic (exact) mass is 741 g/mol. The highest BCUT2D eigenvalue weighted by atomic mass is 15.2. The molecule has 0 aliphatic rings. The molecule has 0 aliphatic heterocycles. The van der Waals surface area contributed by atoms with Gasteiger partial charge in [-0.25, -0.2) is 15.0 Å². The summed E-state index contributed by atoms with van der Waals surface area (Å²) in [6.07, 6.45) is 3.65. The lowest BCUT2D eigenvalue weighted by Gasteiger charge is -2.15. The zero-order valence-electron chi connectivity index (χ0n) is 31.0. The lowest BCUT2D eigenvalue weighted by Crippen LogP contribution is -2.05. The zero-order valence-corrected chi connectivity index (χ0v) is 31.0. The van der Waals surface area contributed by atoms with Crippen molar-refractivity contribution in [3.63, 3.8) is 0 Å². The van der Waals surface area contributed by atoms with Gasteiger partial charge in [-0.15, -0.1) is 0 Å². The van der Waals surface area contributed by atoms with Crippen LogP contribution < -0.4 is 0 Å². The number of pyridine rings is 3. The predicted octanol–water partition coefficient (Wildman–Crippen LogP) is 12.1. The van der Waals surface area contributed by atoms with Crippen LogP contribution in [0.3, 0.4) is 0 Å². The van der Waals surface area contributed by atoms with E-state index in [1.54, 1.807) is 0 Å². The summed E-state index contributed by atoms with van der Waals surface area (Å²) in [7, 11) is 0. The number of aromatic nitrogens is 7. The summed E-state index contributed by atoms with van der Waals surface area (Å²) in [4.78, 5) is 25.2. The largest absolute Gasteiger partial charge is 0.292 e. The molecule has 0 unspecified atom stereocenters. The van der Waals surface area contributed by atoms with E-state index in [-0.39, 0.29) is 0 Å². The Labute approximate surface area is 332 Å². The van der Waals surface area contributed by atoms with Gasteiger partial charge in [-0.1, -0.05) is 121 Å². The van der Waals surface area contributed by atoms with Crippen LogP contribution in [0, 0.1) is 0 Å². The summed E-state index contributed by atoms with van der Waals surface area (Å²) in [5, 5.41) is 5.60. The molecule has 6 aromatic heterocycles. The predicted molar refractivity (Wildman–Crippen MR) is 235 cm³/mol. The molecule has 58 heavy (non-hydrogen) atoms. The van der Waals surface area contributed by atoms with E-state index in [1.807, 2.05) is 48.8 Å². The second-order valence-corrected chi connectivity index (χ2v) is 14.5. The van der Waals surface area contributed by atoms with Gasteiger partial charge in [0.2, 0.25) is 5.95 Å². The Morgan fingerprint density at radius 2 is 0.897 bits per heavy atom. The number of hydrogen-bond acceptors (Lipinski definition) is 5. The smallest absolute Gasteiger partial charge is 0.235 e. The van der Waals surface area contributed by atoms with E-state index in [0.717, 1.165) is 105 Å². The maximum atomic E-state index is 5.44. The van der Waals surface area contributed by atoms with Crippen LogP contribution in [-0.2, 0) is 0 Å². The summed E-state index contributed by atoms with van der Waals surface area (Å²) in [5.41, 5.74) is 13.7. The number of hydrogen-bond donors (Lipinski definition) is 0. The molecule has 0 atom stereocenters. The average Bonchev–Trinajstić information content (AvgIpc) is 3.86. The first-order valence-corrected chi connectivity index (χ1v) is 19.3. The van der Waals surface area contributed by atoms with Crippen LogP contribution in [0.1, 0.15) is 0 Å². The molecule has 12 rings (SSSR count). The average molecular weight is 742 g/mol. The van der Waals surface area contributed by atoms with Gasteiger partial charge in [0.15, 0.2) is 0 Å². The van der Waals surface area contributed by atoms with Gasteiger partial charge in [0, 0.05) is 56.2 Å². The molecule has 0 bridgehead atoms. The maximum Gasteiger partial charge on any atom is 0.235 e. The molecule has 0 amide bonds. The summed E-state index contributed by atoms with van der Waals surface area (Å²) in [6.45, 7) is 0. The van der Waals surface area contributed by atoms with Crippen LogP contribution in [0.2, 0.25) is 0 Å². The first kappa shape index (κ1) is 32.2. The lowest BCUT2D eigenvalue weighted by atomic mass is 10.0. The SMILES string of the molecule is c1ccc(-c2ccc(-c3cc(-c4ccc(-c5ccccn5)cc4)nc(-n4c5ccccc5c5ccc6c(c7ccccc7c7nc8ccccc8n67)c54)n3)cc2)nc1. The Bertz CT molecular complexity index is 3430. The fourth-order valence-corrected chi connectivity index (χ4v) is 8.57. The molecule has 0 saturated heterocycles. The molecular formula is C51H31N7. The van der Waals surface area contributed by atoms with Crippen molar-refractivity contribution in [1.29, 1.82) is 0 Å². The third-order valence-electron chi connectivity index (χ3n) is 11.3. The molecule has 270 valence electrons. The van der Waals surface area contributed by atoms with E-state index in [0.29, 0.717) is 5.95 Å². The Balaban J connectivity index is 1.16. The zero-order chi connectivity index (χ0) is 38.2. The Morgan fingerprint density at radius 3 is 1.52 bits per heavy atom. The van der Waals surface area contributed by atoms with Crippen LogP contribution in [0.4, 0.5) is 0 Å². The van der Waals surface area contributed by atoms with Gasteiger partial charge in [-0.05, 0) is 60.0 Å². The first-order chi connectivity index (χ1) is 28.8. The van der Waals surface area contributed by atoms with E-state index in [2.05, 4.69) is 158 Å². The quantitative estimate of drug-likeness (QED) is 0.164. The van der Waals surface area contributed by atoms with Gasteiger partial charge >= 0.3 is 0 Å². The molecule has 7 heteroatoms. The number of rotatable bonds is 5. The first-order valence-electron chi connectivity index (χ1n) is 19.3. The highest BCUT2D eigenvalue weighted by molar-refractivity contribution is 6.27. The van der Waals surface area contributed by atoms with E-state index >= 15 is 0 Å². The van der Waals surface area contributed by atoms with Crippen LogP contribution in [-0.4, -0.2) is 33.9 Å². The summed E-state index contributed by atoms with van der Waals surface area (Å²) < 4.78 is 4.57.